The minimum absolute atomic E-state index is 0.0778. The Morgan fingerprint density at radius 3 is 2.61 bits per heavy atom. The number of nitrogens with zero attached hydrogens (tertiary/aromatic N) is 1. The predicted molar refractivity (Wildman–Crippen MR) is 70.6 cm³/mol. The Labute approximate surface area is 111 Å². The molecule has 0 radical (unpaired) electrons. The molecule has 0 spiro atoms. The van der Waals surface area contributed by atoms with Crippen LogP contribution in [0.4, 0.5) is 0 Å². The van der Waals surface area contributed by atoms with E-state index in [1.807, 2.05) is 30.3 Å². The first kappa shape index (κ1) is 14.0. The van der Waals surface area contributed by atoms with Crippen LogP contribution in [0.1, 0.15) is 12.5 Å². The van der Waals surface area contributed by atoms with Crippen molar-refractivity contribution in [2.24, 2.45) is 0 Å². The fourth-order valence-corrected chi connectivity index (χ4v) is 1.40. The highest BCUT2D eigenvalue weighted by Crippen LogP contribution is 2.18. The highest BCUT2D eigenvalue weighted by molar-refractivity contribution is 6.48. The lowest BCUT2D eigenvalue weighted by atomic mass is 10.2. The summed E-state index contributed by atoms with van der Waals surface area (Å²) in [4.78, 5) is 11.3. The standard InChI is InChI=1S/C14H12ClNO2/c1-2-18-14(17)12(10-16)8-9-13(15)11-6-4-3-5-7-11/h3-9H,2H2,1H3/b12-8-,13-9-. The fraction of sp³-hybridized carbons (Fsp3) is 0.143. The molecule has 0 saturated heterocycles. The predicted octanol–water partition coefficient (Wildman–Crippen LogP) is 3.28. The molecule has 0 aromatic heterocycles. The van der Waals surface area contributed by atoms with E-state index >= 15 is 0 Å². The highest BCUT2D eigenvalue weighted by atomic mass is 35.5. The van der Waals surface area contributed by atoms with E-state index in [0.29, 0.717) is 5.03 Å². The minimum Gasteiger partial charge on any atom is -0.462 e. The summed E-state index contributed by atoms with van der Waals surface area (Å²) in [7, 11) is 0. The van der Waals surface area contributed by atoms with Gasteiger partial charge in [-0.25, -0.2) is 4.79 Å². The van der Waals surface area contributed by atoms with Gasteiger partial charge >= 0.3 is 5.97 Å². The Kier molecular flexibility index (Phi) is 5.69. The number of benzene rings is 1. The first-order valence-corrected chi connectivity index (χ1v) is 5.77. The maximum absolute atomic E-state index is 11.3. The molecule has 0 aliphatic heterocycles. The Morgan fingerprint density at radius 1 is 1.39 bits per heavy atom. The van der Waals surface area contributed by atoms with Gasteiger partial charge in [-0.05, 0) is 24.6 Å². The molecule has 0 atom stereocenters. The van der Waals surface area contributed by atoms with Gasteiger partial charge in [-0.2, -0.15) is 5.26 Å². The van der Waals surface area contributed by atoms with Crippen LogP contribution in [0.3, 0.4) is 0 Å². The van der Waals surface area contributed by atoms with Gasteiger partial charge in [0.2, 0.25) is 0 Å². The summed E-state index contributed by atoms with van der Waals surface area (Å²) >= 11 is 6.04. The van der Waals surface area contributed by atoms with E-state index in [1.165, 1.54) is 12.2 Å². The monoisotopic (exact) mass is 261 g/mol. The number of esters is 1. The second-order valence-electron chi connectivity index (χ2n) is 3.29. The molecule has 3 nitrogen and oxygen atoms in total. The van der Waals surface area contributed by atoms with Gasteiger partial charge in [0.1, 0.15) is 11.6 Å². The number of ether oxygens (including phenoxy) is 1. The minimum atomic E-state index is -0.645. The number of hydrogen-bond acceptors (Lipinski definition) is 3. The quantitative estimate of drug-likeness (QED) is 0.362. The number of hydrogen-bond donors (Lipinski definition) is 0. The van der Waals surface area contributed by atoms with Crippen molar-refractivity contribution in [3.05, 3.63) is 53.6 Å². The SMILES string of the molecule is CCOC(=O)/C(C#N)=C\C=C(/Cl)c1ccccc1. The zero-order valence-electron chi connectivity index (χ0n) is 9.89. The molecule has 0 amide bonds. The van der Waals surface area contributed by atoms with Crippen LogP contribution in [0.15, 0.2) is 48.1 Å². The normalized spacial score (nSPS) is 11.8. The Bertz CT molecular complexity index is 512. The molecule has 0 saturated carbocycles. The van der Waals surface area contributed by atoms with Crippen molar-refractivity contribution in [3.63, 3.8) is 0 Å². The molecule has 4 heteroatoms. The van der Waals surface area contributed by atoms with Gasteiger partial charge in [0, 0.05) is 5.03 Å². The van der Waals surface area contributed by atoms with Crippen LogP contribution in [0, 0.1) is 11.3 Å². The summed E-state index contributed by atoms with van der Waals surface area (Å²) in [6, 6.07) is 11.0. The summed E-state index contributed by atoms with van der Waals surface area (Å²) in [6.07, 6.45) is 2.86. The second-order valence-corrected chi connectivity index (χ2v) is 3.70. The van der Waals surface area contributed by atoms with Crippen LogP contribution in [-0.2, 0) is 9.53 Å². The van der Waals surface area contributed by atoms with Crippen LogP contribution in [0.5, 0.6) is 0 Å². The summed E-state index contributed by atoms with van der Waals surface area (Å²) in [5, 5.41) is 9.27. The number of nitriles is 1. The molecule has 1 aromatic carbocycles. The zero-order valence-corrected chi connectivity index (χ0v) is 10.6. The van der Waals surface area contributed by atoms with Gasteiger partial charge < -0.3 is 4.74 Å². The molecule has 0 bridgehead atoms. The van der Waals surface area contributed by atoms with E-state index in [-0.39, 0.29) is 12.2 Å². The van der Waals surface area contributed by atoms with E-state index in [9.17, 15) is 4.79 Å². The average Bonchev–Trinajstić information content (AvgIpc) is 2.40. The van der Waals surface area contributed by atoms with Crippen molar-refractivity contribution >= 4 is 22.6 Å². The van der Waals surface area contributed by atoms with E-state index in [4.69, 9.17) is 21.6 Å². The third-order valence-electron chi connectivity index (χ3n) is 2.06. The third-order valence-corrected chi connectivity index (χ3v) is 2.41. The maximum atomic E-state index is 11.3. The Hall–Kier alpha value is -2.05. The second kappa shape index (κ2) is 7.31. The smallest absolute Gasteiger partial charge is 0.348 e. The molecule has 0 N–H and O–H groups in total. The van der Waals surface area contributed by atoms with Crippen molar-refractivity contribution in [1.29, 1.82) is 5.26 Å². The van der Waals surface area contributed by atoms with Gasteiger partial charge in [-0.3, -0.25) is 0 Å². The average molecular weight is 262 g/mol. The molecular formula is C14H12ClNO2. The first-order chi connectivity index (χ1) is 8.69. The summed E-state index contributed by atoms with van der Waals surface area (Å²) in [5.41, 5.74) is 0.738. The van der Waals surface area contributed by atoms with Crippen LogP contribution in [0.2, 0.25) is 0 Å². The maximum Gasteiger partial charge on any atom is 0.348 e. The molecule has 0 aliphatic carbocycles. The van der Waals surface area contributed by atoms with E-state index < -0.39 is 5.97 Å². The van der Waals surface area contributed by atoms with Crippen LogP contribution in [0.25, 0.3) is 5.03 Å². The molecular weight excluding hydrogens is 250 g/mol. The van der Waals surface area contributed by atoms with E-state index in [2.05, 4.69) is 0 Å². The van der Waals surface area contributed by atoms with Gasteiger partial charge in [0.25, 0.3) is 0 Å². The molecule has 18 heavy (non-hydrogen) atoms. The molecule has 0 fully saturated rings. The molecule has 1 aromatic rings. The fourth-order valence-electron chi connectivity index (χ4n) is 1.21. The largest absolute Gasteiger partial charge is 0.462 e. The van der Waals surface area contributed by atoms with Crippen molar-refractivity contribution < 1.29 is 9.53 Å². The Balaban J connectivity index is 2.89. The van der Waals surface area contributed by atoms with E-state index in [1.54, 1.807) is 13.0 Å². The van der Waals surface area contributed by atoms with E-state index in [0.717, 1.165) is 5.56 Å². The zero-order chi connectivity index (χ0) is 13.4. The summed E-state index contributed by atoms with van der Waals surface area (Å²) in [5.74, 6) is -0.645. The number of halogens is 1. The van der Waals surface area contributed by atoms with Crippen molar-refractivity contribution in [2.75, 3.05) is 6.61 Å². The lowest BCUT2D eigenvalue weighted by Gasteiger charge is -1.99. The van der Waals surface area contributed by atoms with Gasteiger partial charge in [-0.15, -0.1) is 0 Å². The summed E-state index contributed by atoms with van der Waals surface area (Å²) in [6.45, 7) is 1.91. The number of carbonyl (C=O) groups is 1. The highest BCUT2D eigenvalue weighted by Gasteiger charge is 2.08. The van der Waals surface area contributed by atoms with Crippen LogP contribution < -0.4 is 0 Å². The van der Waals surface area contributed by atoms with Gasteiger partial charge in [0.05, 0.1) is 6.61 Å². The summed E-state index contributed by atoms with van der Waals surface area (Å²) < 4.78 is 4.73. The molecule has 1 rings (SSSR count). The third kappa shape index (κ3) is 4.08. The lowest BCUT2D eigenvalue weighted by Crippen LogP contribution is -2.05. The van der Waals surface area contributed by atoms with Crippen molar-refractivity contribution in [1.82, 2.24) is 0 Å². The molecule has 0 unspecified atom stereocenters. The number of allylic oxidation sites excluding steroid dienone is 2. The van der Waals surface area contributed by atoms with Gasteiger partial charge in [-0.1, -0.05) is 41.9 Å². The number of rotatable bonds is 4. The molecule has 92 valence electrons. The van der Waals surface area contributed by atoms with Gasteiger partial charge in [0.15, 0.2) is 0 Å². The van der Waals surface area contributed by atoms with Crippen LogP contribution >= 0.6 is 11.6 Å². The molecule has 0 aliphatic rings. The van der Waals surface area contributed by atoms with Crippen molar-refractivity contribution in [3.8, 4) is 6.07 Å². The number of carbonyl (C=O) groups excluding carboxylic acids is 1. The topological polar surface area (TPSA) is 50.1 Å². The van der Waals surface area contributed by atoms with Crippen LogP contribution in [-0.4, -0.2) is 12.6 Å². The Morgan fingerprint density at radius 2 is 2.06 bits per heavy atom. The lowest BCUT2D eigenvalue weighted by molar-refractivity contribution is -0.138. The molecule has 0 heterocycles. The first-order valence-electron chi connectivity index (χ1n) is 5.39. The van der Waals surface area contributed by atoms with Crippen molar-refractivity contribution in [2.45, 2.75) is 6.92 Å².